The molecule has 0 aromatic heterocycles. The molecule has 0 aliphatic heterocycles. The highest BCUT2D eigenvalue weighted by Crippen LogP contribution is 2.27. The third-order valence-corrected chi connectivity index (χ3v) is 1.68. The second-order valence-electron chi connectivity index (χ2n) is 2.06. The minimum absolute atomic E-state index is 0.0471. The number of amides is 1. The molecule has 0 aromatic rings. The number of carbonyl (C=O) groups excluding carboxylic acids is 1. The summed E-state index contributed by atoms with van der Waals surface area (Å²) in [4.78, 5) is 10.4. The Morgan fingerprint density at radius 1 is 1.75 bits per heavy atom. The fourth-order valence-corrected chi connectivity index (χ4v) is 0.754. The van der Waals surface area contributed by atoms with E-state index in [4.69, 9.17) is 11.8 Å². The first-order chi connectivity index (χ1) is 3.72. The third kappa shape index (κ3) is 1.13. The highest BCUT2D eigenvalue weighted by Gasteiger charge is 2.29. The van der Waals surface area contributed by atoms with Gasteiger partial charge in [-0.25, -0.2) is 0 Å². The van der Waals surface area contributed by atoms with E-state index in [0.29, 0.717) is 6.04 Å². The molecule has 3 heteroatoms. The van der Waals surface area contributed by atoms with Crippen LogP contribution in [0.5, 0.6) is 0 Å². The lowest BCUT2D eigenvalue weighted by Gasteiger charge is -2.07. The fraction of sp³-hybridized carbons (Fsp3) is 0.800. The summed E-state index contributed by atoms with van der Waals surface area (Å²) in [7, 11) is 0. The standard InChI is InChI=1S/C5H8ClNO/c1-4(8)7(6)5-2-3-5/h5H,2-3H2,1H3. The number of hydrogen-bond donors (Lipinski definition) is 0. The molecule has 0 radical (unpaired) electrons. The van der Waals surface area contributed by atoms with E-state index in [2.05, 4.69) is 0 Å². The Labute approximate surface area is 53.5 Å². The average molecular weight is 134 g/mol. The van der Waals surface area contributed by atoms with Gasteiger partial charge < -0.3 is 0 Å². The lowest BCUT2D eigenvalue weighted by molar-refractivity contribution is -0.124. The molecule has 1 aliphatic rings. The molecule has 0 spiro atoms. The van der Waals surface area contributed by atoms with Crippen molar-refractivity contribution in [2.75, 3.05) is 0 Å². The van der Waals surface area contributed by atoms with Crippen molar-refractivity contribution in [2.24, 2.45) is 0 Å². The second kappa shape index (κ2) is 1.94. The van der Waals surface area contributed by atoms with Crippen molar-refractivity contribution in [1.29, 1.82) is 0 Å². The minimum atomic E-state index is -0.0471. The maximum atomic E-state index is 10.4. The Morgan fingerprint density at radius 2 is 2.25 bits per heavy atom. The zero-order valence-electron chi connectivity index (χ0n) is 4.72. The molecule has 1 aliphatic carbocycles. The van der Waals surface area contributed by atoms with Crippen LogP contribution < -0.4 is 0 Å². The van der Waals surface area contributed by atoms with Crippen molar-refractivity contribution in [2.45, 2.75) is 25.8 Å². The third-order valence-electron chi connectivity index (χ3n) is 1.17. The minimum Gasteiger partial charge on any atom is -0.274 e. The van der Waals surface area contributed by atoms with Gasteiger partial charge in [0, 0.05) is 24.7 Å². The second-order valence-corrected chi connectivity index (χ2v) is 2.43. The van der Waals surface area contributed by atoms with E-state index < -0.39 is 0 Å². The van der Waals surface area contributed by atoms with Gasteiger partial charge in [-0.1, -0.05) is 0 Å². The maximum absolute atomic E-state index is 10.4. The first-order valence-electron chi connectivity index (χ1n) is 2.67. The Balaban J connectivity index is 2.32. The molecule has 8 heavy (non-hydrogen) atoms. The van der Waals surface area contributed by atoms with Gasteiger partial charge in [-0.15, -0.1) is 0 Å². The zero-order valence-corrected chi connectivity index (χ0v) is 5.48. The van der Waals surface area contributed by atoms with Gasteiger partial charge in [0.1, 0.15) is 0 Å². The largest absolute Gasteiger partial charge is 0.274 e. The fourth-order valence-electron chi connectivity index (χ4n) is 0.558. The van der Waals surface area contributed by atoms with Crippen LogP contribution in [0.4, 0.5) is 0 Å². The van der Waals surface area contributed by atoms with E-state index in [1.807, 2.05) is 0 Å². The molecular formula is C5H8ClNO. The van der Waals surface area contributed by atoms with Crippen LogP contribution >= 0.6 is 11.8 Å². The summed E-state index contributed by atoms with van der Waals surface area (Å²) in [5.74, 6) is -0.0471. The Morgan fingerprint density at radius 3 is 2.38 bits per heavy atom. The van der Waals surface area contributed by atoms with Crippen LogP contribution in [-0.2, 0) is 4.79 Å². The van der Waals surface area contributed by atoms with Crippen molar-refractivity contribution >= 4 is 17.7 Å². The summed E-state index contributed by atoms with van der Waals surface area (Å²) >= 11 is 5.50. The molecule has 2 nitrogen and oxygen atoms in total. The SMILES string of the molecule is CC(=O)N(Cl)C1CC1. The summed E-state index contributed by atoms with van der Waals surface area (Å²) in [6.45, 7) is 1.48. The van der Waals surface area contributed by atoms with Gasteiger partial charge in [-0.2, -0.15) is 0 Å². The van der Waals surface area contributed by atoms with Crippen LogP contribution in [0, 0.1) is 0 Å². The molecule has 1 fully saturated rings. The molecule has 0 N–H and O–H groups in total. The predicted molar refractivity (Wildman–Crippen MR) is 31.4 cm³/mol. The van der Waals surface area contributed by atoms with Crippen LogP contribution in [0.25, 0.3) is 0 Å². The molecule has 1 saturated carbocycles. The Kier molecular flexibility index (Phi) is 1.43. The Bertz CT molecular complexity index is 111. The van der Waals surface area contributed by atoms with Gasteiger partial charge >= 0.3 is 0 Å². The van der Waals surface area contributed by atoms with Crippen LogP contribution in [-0.4, -0.2) is 16.4 Å². The van der Waals surface area contributed by atoms with Crippen molar-refractivity contribution in [3.05, 3.63) is 0 Å². The summed E-state index contributed by atoms with van der Waals surface area (Å²) < 4.78 is 1.28. The van der Waals surface area contributed by atoms with E-state index in [0.717, 1.165) is 12.8 Å². The molecule has 0 saturated heterocycles. The van der Waals surface area contributed by atoms with E-state index in [1.54, 1.807) is 0 Å². The van der Waals surface area contributed by atoms with Crippen LogP contribution in [0.3, 0.4) is 0 Å². The molecule has 0 aromatic carbocycles. The average Bonchev–Trinajstić information content (AvgIpc) is 2.43. The summed E-state index contributed by atoms with van der Waals surface area (Å²) in [6, 6.07) is 0.342. The molecule has 46 valence electrons. The molecule has 0 heterocycles. The van der Waals surface area contributed by atoms with Crippen molar-refractivity contribution in [1.82, 2.24) is 4.42 Å². The number of carbonyl (C=O) groups is 1. The molecular weight excluding hydrogens is 126 g/mol. The lowest BCUT2D eigenvalue weighted by atomic mass is 10.6. The van der Waals surface area contributed by atoms with Crippen molar-refractivity contribution < 1.29 is 4.79 Å². The van der Waals surface area contributed by atoms with Gasteiger partial charge in [-0.05, 0) is 12.8 Å². The highest BCUT2D eigenvalue weighted by molar-refractivity contribution is 6.21. The molecule has 0 unspecified atom stereocenters. The monoisotopic (exact) mass is 133 g/mol. The number of hydrogen-bond acceptors (Lipinski definition) is 1. The van der Waals surface area contributed by atoms with E-state index in [9.17, 15) is 4.79 Å². The molecule has 1 amide bonds. The number of nitrogens with zero attached hydrogens (tertiary/aromatic N) is 1. The summed E-state index contributed by atoms with van der Waals surface area (Å²) in [6.07, 6.45) is 2.14. The highest BCUT2D eigenvalue weighted by atomic mass is 35.5. The molecule has 0 bridgehead atoms. The topological polar surface area (TPSA) is 20.3 Å². The summed E-state index contributed by atoms with van der Waals surface area (Å²) in [5, 5.41) is 0. The normalized spacial score (nSPS) is 18.2. The van der Waals surface area contributed by atoms with Crippen LogP contribution in [0.1, 0.15) is 19.8 Å². The van der Waals surface area contributed by atoms with Gasteiger partial charge in [0.05, 0.1) is 0 Å². The Hall–Kier alpha value is -0.240. The van der Waals surface area contributed by atoms with E-state index in [-0.39, 0.29) is 5.91 Å². The van der Waals surface area contributed by atoms with Crippen molar-refractivity contribution in [3.63, 3.8) is 0 Å². The van der Waals surface area contributed by atoms with E-state index in [1.165, 1.54) is 11.3 Å². The van der Waals surface area contributed by atoms with Crippen LogP contribution in [0.15, 0.2) is 0 Å². The van der Waals surface area contributed by atoms with Crippen molar-refractivity contribution in [3.8, 4) is 0 Å². The quantitative estimate of drug-likeness (QED) is 0.492. The first-order valence-corrected chi connectivity index (χ1v) is 3.01. The predicted octanol–water partition coefficient (Wildman–Crippen LogP) is 1.15. The molecule has 0 atom stereocenters. The van der Waals surface area contributed by atoms with Gasteiger partial charge in [-0.3, -0.25) is 9.21 Å². The molecule has 1 rings (SSSR count). The van der Waals surface area contributed by atoms with Gasteiger partial charge in [0.2, 0.25) is 5.91 Å². The zero-order chi connectivity index (χ0) is 6.15. The summed E-state index contributed by atoms with van der Waals surface area (Å²) in [5.41, 5.74) is 0. The number of rotatable bonds is 1. The van der Waals surface area contributed by atoms with E-state index >= 15 is 0 Å². The smallest absolute Gasteiger partial charge is 0.234 e. The lowest BCUT2D eigenvalue weighted by Crippen LogP contribution is -2.19. The van der Waals surface area contributed by atoms with Crippen LogP contribution in [0.2, 0.25) is 0 Å². The van der Waals surface area contributed by atoms with Gasteiger partial charge in [0.25, 0.3) is 0 Å². The van der Waals surface area contributed by atoms with Gasteiger partial charge in [0.15, 0.2) is 0 Å². The number of halogens is 1. The maximum Gasteiger partial charge on any atom is 0.234 e. The first kappa shape index (κ1) is 5.89.